The fourth-order valence-corrected chi connectivity index (χ4v) is 5.12. The molecule has 0 saturated carbocycles. The fourth-order valence-electron chi connectivity index (χ4n) is 5.12. The van der Waals surface area contributed by atoms with Crippen LogP contribution < -0.4 is 5.32 Å². The van der Waals surface area contributed by atoms with Crippen LogP contribution in [0.25, 0.3) is 11.5 Å². The summed E-state index contributed by atoms with van der Waals surface area (Å²) in [6.07, 6.45) is 9.24. The second-order valence-electron chi connectivity index (χ2n) is 9.81. The maximum atomic E-state index is 13.7. The van der Waals surface area contributed by atoms with Crippen molar-refractivity contribution in [1.82, 2.24) is 20.0 Å². The van der Waals surface area contributed by atoms with Gasteiger partial charge in [-0.15, -0.1) is 0 Å². The Balaban J connectivity index is 1.42. The topological polar surface area (TPSA) is 80.4 Å². The van der Waals surface area contributed by atoms with Gasteiger partial charge < -0.3 is 14.6 Å². The van der Waals surface area contributed by atoms with Crippen molar-refractivity contribution in [1.29, 1.82) is 0 Å². The number of hydrogen-bond donors (Lipinski definition) is 1. The first-order valence-electron chi connectivity index (χ1n) is 12.4. The largest absolute Gasteiger partial charge is 0.463 e. The first kappa shape index (κ1) is 23.1. The monoisotopic (exact) mass is 472 g/mol. The molecule has 7 nitrogen and oxygen atoms in total. The minimum Gasteiger partial charge on any atom is -0.463 e. The van der Waals surface area contributed by atoms with E-state index in [0.29, 0.717) is 30.2 Å². The van der Waals surface area contributed by atoms with Gasteiger partial charge in [-0.2, -0.15) is 5.10 Å². The van der Waals surface area contributed by atoms with Crippen molar-refractivity contribution in [2.24, 2.45) is 0 Å². The molecule has 0 saturated heterocycles. The SMILES string of the molecule is Cc1cccc(CNC(=O)[C@]2(C)Cn3nc(-c4ccco4)cc3C(=O)N2CCC2=CCCCC2)c1. The van der Waals surface area contributed by atoms with Gasteiger partial charge in [-0.05, 0) is 63.6 Å². The summed E-state index contributed by atoms with van der Waals surface area (Å²) in [4.78, 5) is 29.1. The number of hydrogen-bond acceptors (Lipinski definition) is 4. The second kappa shape index (κ2) is 9.56. The summed E-state index contributed by atoms with van der Waals surface area (Å²) in [7, 11) is 0. The Bertz CT molecular complexity index is 1260. The molecule has 182 valence electrons. The summed E-state index contributed by atoms with van der Waals surface area (Å²) in [6.45, 7) is 5.08. The molecule has 2 aromatic heterocycles. The number of carbonyl (C=O) groups is 2. The normalized spacial score (nSPS) is 19.9. The van der Waals surface area contributed by atoms with Gasteiger partial charge in [-0.1, -0.05) is 41.5 Å². The highest BCUT2D eigenvalue weighted by Crippen LogP contribution is 2.31. The van der Waals surface area contributed by atoms with E-state index in [1.807, 2.05) is 38.1 Å². The molecule has 5 rings (SSSR count). The molecule has 2 aliphatic rings. The van der Waals surface area contributed by atoms with Crippen LogP contribution in [0.1, 0.15) is 60.6 Å². The predicted molar refractivity (Wildman–Crippen MR) is 134 cm³/mol. The minimum absolute atomic E-state index is 0.175. The van der Waals surface area contributed by atoms with E-state index < -0.39 is 5.54 Å². The van der Waals surface area contributed by atoms with E-state index in [-0.39, 0.29) is 18.4 Å². The third-order valence-corrected chi connectivity index (χ3v) is 7.14. The van der Waals surface area contributed by atoms with E-state index in [1.165, 1.54) is 18.4 Å². The average Bonchev–Trinajstić information content (AvgIpc) is 3.53. The number of carbonyl (C=O) groups excluding carboxylic acids is 2. The highest BCUT2D eigenvalue weighted by Gasteiger charge is 2.47. The zero-order valence-corrected chi connectivity index (χ0v) is 20.4. The third kappa shape index (κ3) is 4.67. The highest BCUT2D eigenvalue weighted by atomic mass is 16.3. The van der Waals surface area contributed by atoms with Crippen LogP contribution in [0.5, 0.6) is 0 Å². The lowest BCUT2D eigenvalue weighted by Crippen LogP contribution is -2.64. The average molecular weight is 473 g/mol. The standard InChI is InChI=1S/C28H32N4O3/c1-20-8-6-11-22(16-20)18-29-27(34)28(2)19-32-24(17-23(30-32)25-12-7-15-35-25)26(33)31(28)14-13-21-9-4-3-5-10-21/h6-9,11-12,15-17H,3-5,10,13-14,18-19H2,1-2H3,(H,29,34)/t28-/m0/s1. The Morgan fingerprint density at radius 3 is 2.83 bits per heavy atom. The highest BCUT2D eigenvalue weighted by molar-refractivity contribution is 6.00. The first-order valence-corrected chi connectivity index (χ1v) is 12.4. The zero-order chi connectivity index (χ0) is 24.4. The smallest absolute Gasteiger partial charge is 0.273 e. The molecule has 7 heteroatoms. The Hall–Kier alpha value is -3.61. The van der Waals surface area contributed by atoms with Crippen LogP contribution in [0.2, 0.25) is 0 Å². The predicted octanol–water partition coefficient (Wildman–Crippen LogP) is 4.87. The molecule has 0 bridgehead atoms. The third-order valence-electron chi connectivity index (χ3n) is 7.14. The first-order chi connectivity index (χ1) is 16.9. The second-order valence-corrected chi connectivity index (χ2v) is 9.81. The maximum absolute atomic E-state index is 13.7. The van der Waals surface area contributed by atoms with Crippen molar-refractivity contribution in [3.8, 4) is 11.5 Å². The number of nitrogens with one attached hydrogen (secondary N) is 1. The van der Waals surface area contributed by atoms with Crippen molar-refractivity contribution >= 4 is 11.8 Å². The summed E-state index contributed by atoms with van der Waals surface area (Å²) in [5.74, 6) is 0.251. The molecule has 0 unspecified atom stereocenters. The molecule has 3 aromatic rings. The molecule has 35 heavy (non-hydrogen) atoms. The quantitative estimate of drug-likeness (QED) is 0.498. The van der Waals surface area contributed by atoms with Gasteiger partial charge in [0.05, 0.1) is 12.8 Å². The molecule has 1 atom stereocenters. The van der Waals surface area contributed by atoms with Gasteiger partial charge in [-0.25, -0.2) is 0 Å². The lowest BCUT2D eigenvalue weighted by Gasteiger charge is -2.43. The van der Waals surface area contributed by atoms with Gasteiger partial charge >= 0.3 is 0 Å². The number of fused-ring (bicyclic) bond motifs is 1. The number of aryl methyl sites for hydroxylation is 1. The van der Waals surface area contributed by atoms with E-state index in [4.69, 9.17) is 4.42 Å². The van der Waals surface area contributed by atoms with Crippen molar-refractivity contribution in [2.75, 3.05) is 6.54 Å². The van der Waals surface area contributed by atoms with Gasteiger partial charge in [0.1, 0.15) is 16.9 Å². The number of allylic oxidation sites excluding steroid dienone is 1. The Morgan fingerprint density at radius 1 is 1.20 bits per heavy atom. The molecular formula is C28H32N4O3. The minimum atomic E-state index is -1.06. The maximum Gasteiger partial charge on any atom is 0.273 e. The number of rotatable bonds is 7. The van der Waals surface area contributed by atoms with E-state index >= 15 is 0 Å². The van der Waals surface area contributed by atoms with E-state index in [2.05, 4.69) is 22.6 Å². The summed E-state index contributed by atoms with van der Waals surface area (Å²) >= 11 is 0. The summed E-state index contributed by atoms with van der Waals surface area (Å²) in [5.41, 5.74) is 3.57. The van der Waals surface area contributed by atoms with Gasteiger partial charge in [0, 0.05) is 19.2 Å². The fraction of sp³-hybridized carbons (Fsp3) is 0.393. The molecule has 1 aliphatic heterocycles. The summed E-state index contributed by atoms with van der Waals surface area (Å²) < 4.78 is 7.15. The van der Waals surface area contributed by atoms with E-state index in [1.54, 1.807) is 28.0 Å². The van der Waals surface area contributed by atoms with Crippen molar-refractivity contribution < 1.29 is 14.0 Å². The molecular weight excluding hydrogens is 440 g/mol. The van der Waals surface area contributed by atoms with Crippen LogP contribution >= 0.6 is 0 Å². The Kier molecular flexibility index (Phi) is 6.32. The number of aromatic nitrogens is 2. The van der Waals surface area contributed by atoms with Crippen LogP contribution in [-0.2, 0) is 17.9 Å². The molecule has 3 heterocycles. The van der Waals surface area contributed by atoms with Gasteiger partial charge in [-0.3, -0.25) is 14.3 Å². The van der Waals surface area contributed by atoms with Crippen molar-refractivity contribution in [3.05, 3.63) is 77.2 Å². The van der Waals surface area contributed by atoms with Gasteiger partial charge in [0.2, 0.25) is 5.91 Å². The Labute approximate surface area is 205 Å². The molecule has 1 aliphatic carbocycles. The number of amides is 2. The van der Waals surface area contributed by atoms with Crippen molar-refractivity contribution in [3.63, 3.8) is 0 Å². The lowest BCUT2D eigenvalue weighted by atomic mass is 9.92. The van der Waals surface area contributed by atoms with Gasteiger partial charge in [0.15, 0.2) is 5.76 Å². The van der Waals surface area contributed by atoms with E-state index in [9.17, 15) is 9.59 Å². The van der Waals surface area contributed by atoms with Gasteiger partial charge in [0.25, 0.3) is 5.91 Å². The van der Waals surface area contributed by atoms with E-state index in [0.717, 1.165) is 30.4 Å². The molecule has 1 N–H and O–H groups in total. The summed E-state index contributed by atoms with van der Waals surface area (Å²) in [6, 6.07) is 13.4. The number of furan rings is 1. The lowest BCUT2D eigenvalue weighted by molar-refractivity contribution is -0.133. The van der Waals surface area contributed by atoms with Crippen LogP contribution in [0.4, 0.5) is 0 Å². The molecule has 0 spiro atoms. The zero-order valence-electron chi connectivity index (χ0n) is 20.4. The molecule has 2 amide bonds. The van der Waals surface area contributed by atoms with Crippen LogP contribution in [-0.4, -0.2) is 38.6 Å². The van der Waals surface area contributed by atoms with Crippen molar-refractivity contribution in [2.45, 2.75) is 64.6 Å². The van der Waals surface area contributed by atoms with Crippen LogP contribution in [0, 0.1) is 6.92 Å². The van der Waals surface area contributed by atoms with Crippen LogP contribution in [0.3, 0.4) is 0 Å². The molecule has 0 radical (unpaired) electrons. The number of nitrogens with zero attached hydrogens (tertiary/aromatic N) is 3. The van der Waals surface area contributed by atoms with Crippen LogP contribution in [0.15, 0.2) is 64.8 Å². The summed E-state index contributed by atoms with van der Waals surface area (Å²) in [5, 5.41) is 7.70. The molecule has 0 fully saturated rings. The number of benzene rings is 1. The Morgan fingerprint density at radius 2 is 2.09 bits per heavy atom. The molecule has 1 aromatic carbocycles.